The Kier molecular flexibility index (Phi) is 7.07. The van der Waals surface area contributed by atoms with E-state index in [1.165, 1.54) is 0 Å². The van der Waals surface area contributed by atoms with Crippen molar-refractivity contribution in [1.29, 1.82) is 0 Å². The molecule has 0 N–H and O–H groups in total. The van der Waals surface area contributed by atoms with Crippen molar-refractivity contribution >= 4 is 5.91 Å². The minimum absolute atomic E-state index is 0.0870. The summed E-state index contributed by atoms with van der Waals surface area (Å²) >= 11 is 0. The second-order valence-electron chi connectivity index (χ2n) is 8.73. The van der Waals surface area contributed by atoms with E-state index < -0.39 is 0 Å². The number of aromatic nitrogens is 2. The highest BCUT2D eigenvalue weighted by molar-refractivity contribution is 5.81. The number of rotatable bonds is 6. The minimum Gasteiger partial charge on any atom is -0.497 e. The van der Waals surface area contributed by atoms with Gasteiger partial charge in [-0.05, 0) is 45.0 Å². The van der Waals surface area contributed by atoms with Crippen molar-refractivity contribution in [3.05, 3.63) is 30.2 Å². The summed E-state index contributed by atoms with van der Waals surface area (Å²) in [4.78, 5) is 24.1. The Hall–Kier alpha value is -2.49. The molecule has 0 radical (unpaired) electrons. The molecule has 4 rings (SSSR count). The molecule has 0 spiro atoms. The Balaban J connectivity index is 1.27. The molecule has 3 heterocycles. The maximum Gasteiger partial charge on any atom is 0.241 e. The first-order chi connectivity index (χ1) is 15.4. The number of carbonyl (C=O) groups is 1. The van der Waals surface area contributed by atoms with Crippen molar-refractivity contribution in [3.63, 3.8) is 0 Å². The highest BCUT2D eigenvalue weighted by atomic mass is 16.5. The van der Waals surface area contributed by atoms with E-state index in [1.807, 2.05) is 49.9 Å². The van der Waals surface area contributed by atoms with Crippen molar-refractivity contribution in [1.82, 2.24) is 24.8 Å². The van der Waals surface area contributed by atoms with Crippen LogP contribution >= 0.6 is 0 Å². The van der Waals surface area contributed by atoms with Gasteiger partial charge in [0.2, 0.25) is 17.6 Å². The molecule has 0 saturated carbocycles. The standard InChI is InChI=1S/C23H33N5O4/c1-16-13-28(14-17(2)31-16)23(29)18(3)27-11-9-26(10-12-27)15-21-24-22(25-32-21)19-5-7-20(30-4)8-6-19/h5-8,16-18H,9-15H2,1-4H3. The molecular weight excluding hydrogens is 410 g/mol. The Labute approximate surface area is 189 Å². The number of carbonyl (C=O) groups excluding carboxylic acids is 1. The summed E-state index contributed by atoms with van der Waals surface area (Å²) in [5.41, 5.74) is 0.893. The Morgan fingerprint density at radius 2 is 1.78 bits per heavy atom. The van der Waals surface area contributed by atoms with Gasteiger partial charge in [0, 0.05) is 44.8 Å². The van der Waals surface area contributed by atoms with Crippen LogP contribution in [0, 0.1) is 0 Å². The number of methoxy groups -OCH3 is 1. The largest absolute Gasteiger partial charge is 0.497 e. The van der Waals surface area contributed by atoms with E-state index in [4.69, 9.17) is 14.0 Å². The zero-order valence-electron chi connectivity index (χ0n) is 19.4. The van der Waals surface area contributed by atoms with Crippen LogP contribution in [0.1, 0.15) is 26.7 Å². The molecule has 2 fully saturated rings. The fourth-order valence-electron chi connectivity index (χ4n) is 4.45. The molecule has 1 amide bonds. The third kappa shape index (κ3) is 5.28. The summed E-state index contributed by atoms with van der Waals surface area (Å²) in [6.45, 7) is 11.4. The molecule has 3 unspecified atom stereocenters. The Bertz CT molecular complexity index is 884. The third-order valence-corrected chi connectivity index (χ3v) is 6.22. The van der Waals surface area contributed by atoms with Gasteiger partial charge < -0.3 is 18.9 Å². The van der Waals surface area contributed by atoms with Gasteiger partial charge in [0.05, 0.1) is 31.9 Å². The van der Waals surface area contributed by atoms with Crippen LogP contribution in [0.5, 0.6) is 5.75 Å². The van der Waals surface area contributed by atoms with Gasteiger partial charge in [-0.15, -0.1) is 0 Å². The predicted molar refractivity (Wildman–Crippen MR) is 119 cm³/mol. The second kappa shape index (κ2) is 9.97. The first-order valence-corrected chi connectivity index (χ1v) is 11.3. The van der Waals surface area contributed by atoms with Gasteiger partial charge in [0.25, 0.3) is 0 Å². The summed E-state index contributed by atoms with van der Waals surface area (Å²) in [6.07, 6.45) is 0.174. The molecule has 0 aliphatic carbocycles. The zero-order valence-corrected chi connectivity index (χ0v) is 19.4. The normalized spacial score (nSPS) is 23.8. The Morgan fingerprint density at radius 3 is 2.41 bits per heavy atom. The van der Waals surface area contributed by atoms with E-state index >= 15 is 0 Å². The number of ether oxygens (including phenoxy) is 2. The molecule has 2 aromatic rings. The summed E-state index contributed by atoms with van der Waals surface area (Å²) in [5.74, 6) is 2.17. The zero-order chi connectivity index (χ0) is 22.7. The predicted octanol–water partition coefficient (Wildman–Crippen LogP) is 1.89. The molecule has 174 valence electrons. The lowest BCUT2D eigenvalue weighted by Gasteiger charge is -2.41. The third-order valence-electron chi connectivity index (χ3n) is 6.22. The molecule has 0 bridgehead atoms. The molecule has 1 aromatic carbocycles. The average molecular weight is 444 g/mol. The maximum atomic E-state index is 13.0. The molecule has 2 saturated heterocycles. The molecule has 2 aliphatic rings. The maximum absolute atomic E-state index is 13.0. The quantitative estimate of drug-likeness (QED) is 0.669. The molecular formula is C23H33N5O4. The SMILES string of the molecule is COc1ccc(-c2noc(CN3CCN(C(C)C(=O)N4CC(C)OC(C)C4)CC3)n2)cc1. The van der Waals surface area contributed by atoms with Gasteiger partial charge in [-0.2, -0.15) is 4.98 Å². The fourth-order valence-corrected chi connectivity index (χ4v) is 4.45. The van der Waals surface area contributed by atoms with Crippen molar-refractivity contribution in [2.24, 2.45) is 0 Å². The highest BCUT2D eigenvalue weighted by Crippen LogP contribution is 2.21. The van der Waals surface area contributed by atoms with Gasteiger partial charge in [-0.1, -0.05) is 5.16 Å². The van der Waals surface area contributed by atoms with Crippen LogP contribution < -0.4 is 4.74 Å². The lowest BCUT2D eigenvalue weighted by molar-refractivity contribution is -0.148. The average Bonchev–Trinajstić information content (AvgIpc) is 3.26. The lowest BCUT2D eigenvalue weighted by Crippen LogP contribution is -2.57. The van der Waals surface area contributed by atoms with Gasteiger partial charge >= 0.3 is 0 Å². The topological polar surface area (TPSA) is 84.2 Å². The summed E-state index contributed by atoms with van der Waals surface area (Å²) in [6, 6.07) is 7.47. The van der Waals surface area contributed by atoms with Crippen molar-refractivity contribution in [2.75, 3.05) is 46.4 Å². The van der Waals surface area contributed by atoms with Crippen molar-refractivity contribution in [3.8, 4) is 17.1 Å². The lowest BCUT2D eigenvalue weighted by atomic mass is 10.1. The van der Waals surface area contributed by atoms with E-state index in [2.05, 4.69) is 19.9 Å². The van der Waals surface area contributed by atoms with Crippen LogP contribution in [0.3, 0.4) is 0 Å². The molecule has 1 aromatic heterocycles. The minimum atomic E-state index is -0.125. The van der Waals surface area contributed by atoms with Crippen molar-refractivity contribution in [2.45, 2.75) is 45.6 Å². The van der Waals surface area contributed by atoms with E-state index in [1.54, 1.807) is 7.11 Å². The second-order valence-corrected chi connectivity index (χ2v) is 8.73. The van der Waals surface area contributed by atoms with E-state index in [0.717, 1.165) is 37.5 Å². The highest BCUT2D eigenvalue weighted by Gasteiger charge is 2.32. The van der Waals surface area contributed by atoms with E-state index in [0.29, 0.717) is 31.3 Å². The first kappa shape index (κ1) is 22.7. The van der Waals surface area contributed by atoms with Gasteiger partial charge in [0.1, 0.15) is 5.75 Å². The van der Waals surface area contributed by atoms with Gasteiger partial charge in [0.15, 0.2) is 0 Å². The fraction of sp³-hybridized carbons (Fsp3) is 0.609. The van der Waals surface area contributed by atoms with Gasteiger partial charge in [-0.25, -0.2) is 0 Å². The molecule has 2 aliphatic heterocycles. The molecule has 9 nitrogen and oxygen atoms in total. The number of morpholine rings is 1. The summed E-state index contributed by atoms with van der Waals surface area (Å²) in [7, 11) is 1.64. The first-order valence-electron chi connectivity index (χ1n) is 11.3. The van der Waals surface area contributed by atoms with E-state index in [-0.39, 0.29) is 24.2 Å². The van der Waals surface area contributed by atoms with Crippen LogP contribution in [0.25, 0.3) is 11.4 Å². The number of nitrogens with zero attached hydrogens (tertiary/aromatic N) is 5. The van der Waals surface area contributed by atoms with Crippen LogP contribution in [-0.4, -0.2) is 95.4 Å². The number of benzene rings is 1. The van der Waals surface area contributed by atoms with Crippen LogP contribution in [0.2, 0.25) is 0 Å². The number of amides is 1. The van der Waals surface area contributed by atoms with Crippen LogP contribution in [0.4, 0.5) is 0 Å². The van der Waals surface area contributed by atoms with E-state index in [9.17, 15) is 4.79 Å². The van der Waals surface area contributed by atoms with Crippen LogP contribution in [0.15, 0.2) is 28.8 Å². The number of hydrogen-bond acceptors (Lipinski definition) is 8. The van der Waals surface area contributed by atoms with Crippen LogP contribution in [-0.2, 0) is 16.1 Å². The van der Waals surface area contributed by atoms with Crippen molar-refractivity contribution < 1.29 is 18.8 Å². The van der Waals surface area contributed by atoms with Gasteiger partial charge in [-0.3, -0.25) is 14.6 Å². The molecule has 9 heteroatoms. The number of piperazine rings is 1. The smallest absolute Gasteiger partial charge is 0.241 e. The molecule has 3 atom stereocenters. The Morgan fingerprint density at radius 1 is 1.12 bits per heavy atom. The number of hydrogen-bond donors (Lipinski definition) is 0. The summed E-state index contributed by atoms with van der Waals surface area (Å²) < 4.78 is 16.4. The molecule has 32 heavy (non-hydrogen) atoms. The monoisotopic (exact) mass is 443 g/mol. The summed E-state index contributed by atoms with van der Waals surface area (Å²) in [5, 5.41) is 4.11.